The van der Waals surface area contributed by atoms with Gasteiger partial charge in [-0.2, -0.15) is 0 Å². The van der Waals surface area contributed by atoms with Crippen LogP contribution in [0, 0.1) is 0 Å². The van der Waals surface area contributed by atoms with Crippen molar-refractivity contribution in [2.45, 2.75) is 12.3 Å². The molecule has 0 aliphatic carbocycles. The molecule has 5 heteroatoms. The zero-order chi connectivity index (χ0) is 7.61. The van der Waals surface area contributed by atoms with Gasteiger partial charge in [-0.25, -0.2) is 0 Å². The zero-order valence-corrected chi connectivity index (χ0v) is 6.20. The van der Waals surface area contributed by atoms with Gasteiger partial charge in [-0.1, -0.05) is 12.2 Å². The highest BCUT2D eigenvalue weighted by atomic mass is 31.2. The molecule has 1 unspecified atom stereocenters. The molecule has 0 saturated heterocycles. The van der Waals surface area contributed by atoms with Gasteiger partial charge in [-0.05, 0) is 0 Å². The van der Waals surface area contributed by atoms with E-state index in [2.05, 4.69) is 0 Å². The van der Waals surface area contributed by atoms with Crippen molar-refractivity contribution < 1.29 is 19.1 Å². The second kappa shape index (κ2) is 2.84. The van der Waals surface area contributed by atoms with Gasteiger partial charge in [-0.15, -0.1) is 0 Å². The Morgan fingerprint density at radius 2 is 2.20 bits per heavy atom. The van der Waals surface area contributed by atoms with Crippen molar-refractivity contribution in [3.8, 4) is 0 Å². The predicted molar refractivity (Wildman–Crippen MR) is 35.5 cm³/mol. The summed E-state index contributed by atoms with van der Waals surface area (Å²) in [4.78, 5) is 17.2. The molecule has 1 rings (SSSR count). The third-order valence-electron chi connectivity index (χ3n) is 1.26. The van der Waals surface area contributed by atoms with Crippen LogP contribution in [0.4, 0.5) is 0 Å². The first kappa shape index (κ1) is 7.95. The predicted octanol–water partition coefficient (Wildman–Crippen LogP) is 0.467. The molecule has 0 spiro atoms. The highest BCUT2D eigenvalue weighted by molar-refractivity contribution is 7.52. The summed E-state index contributed by atoms with van der Waals surface area (Å²) in [5.74, 6) is -0.919. The van der Waals surface area contributed by atoms with Crippen molar-refractivity contribution in [2.75, 3.05) is 6.61 Å². The normalized spacial score (nSPS) is 26.8. The average molecular weight is 164 g/mol. The molecule has 1 heterocycles. The average Bonchev–Trinajstić information content (AvgIpc) is 1.88. The molecule has 10 heavy (non-hydrogen) atoms. The maximum atomic E-state index is 10.5. The summed E-state index contributed by atoms with van der Waals surface area (Å²) < 4.78 is 15.3. The van der Waals surface area contributed by atoms with Gasteiger partial charge >= 0.3 is 7.60 Å². The molecule has 0 saturated carbocycles. The summed E-state index contributed by atoms with van der Waals surface area (Å²) in [6.45, 7) is 0.301. The highest BCUT2D eigenvalue weighted by Gasteiger charge is 2.29. The molecule has 0 fully saturated rings. The van der Waals surface area contributed by atoms with Crippen molar-refractivity contribution in [1.29, 1.82) is 0 Å². The largest absolute Gasteiger partial charge is 0.361 e. The summed E-state index contributed by atoms with van der Waals surface area (Å²) in [6, 6.07) is 0. The van der Waals surface area contributed by atoms with E-state index in [0.29, 0.717) is 13.0 Å². The van der Waals surface area contributed by atoms with Crippen LogP contribution in [0.5, 0.6) is 0 Å². The van der Waals surface area contributed by atoms with Gasteiger partial charge < -0.3 is 14.5 Å². The van der Waals surface area contributed by atoms with Crippen LogP contribution in [-0.2, 0) is 9.30 Å². The van der Waals surface area contributed by atoms with E-state index in [1.54, 1.807) is 12.2 Å². The van der Waals surface area contributed by atoms with Gasteiger partial charge in [0.25, 0.3) is 0 Å². The van der Waals surface area contributed by atoms with E-state index in [9.17, 15) is 4.57 Å². The van der Waals surface area contributed by atoms with E-state index in [4.69, 9.17) is 14.5 Å². The van der Waals surface area contributed by atoms with Crippen LogP contribution in [0.2, 0.25) is 0 Å². The molecular formula is C5H9O4P. The third-order valence-corrected chi connectivity index (χ3v) is 2.37. The fourth-order valence-electron chi connectivity index (χ4n) is 0.750. The quantitative estimate of drug-likeness (QED) is 0.436. The number of rotatable bonds is 1. The second-order valence-electron chi connectivity index (χ2n) is 2.08. The topological polar surface area (TPSA) is 66.8 Å². The van der Waals surface area contributed by atoms with E-state index >= 15 is 0 Å². The molecular weight excluding hydrogens is 155 g/mol. The van der Waals surface area contributed by atoms with E-state index in [1.807, 2.05) is 0 Å². The van der Waals surface area contributed by atoms with Crippen LogP contribution in [0.15, 0.2) is 12.2 Å². The maximum Gasteiger partial charge on any atom is 0.354 e. The number of hydrogen-bond donors (Lipinski definition) is 2. The molecule has 0 aromatic heterocycles. The fourth-order valence-corrected chi connectivity index (χ4v) is 1.43. The van der Waals surface area contributed by atoms with Crippen LogP contribution >= 0.6 is 7.60 Å². The van der Waals surface area contributed by atoms with Gasteiger partial charge in [-0.3, -0.25) is 4.57 Å². The van der Waals surface area contributed by atoms with E-state index in [0.717, 1.165) is 0 Å². The Hall–Kier alpha value is -0.150. The van der Waals surface area contributed by atoms with Crippen molar-refractivity contribution in [3.05, 3.63) is 12.2 Å². The van der Waals surface area contributed by atoms with Gasteiger partial charge in [0, 0.05) is 6.42 Å². The molecule has 0 bridgehead atoms. The van der Waals surface area contributed by atoms with Crippen LogP contribution < -0.4 is 0 Å². The van der Waals surface area contributed by atoms with Crippen molar-refractivity contribution in [3.63, 3.8) is 0 Å². The molecule has 1 aliphatic rings. The molecule has 1 aliphatic heterocycles. The van der Waals surface area contributed by atoms with Crippen molar-refractivity contribution in [2.24, 2.45) is 0 Å². The smallest absolute Gasteiger partial charge is 0.354 e. The first-order valence-corrected chi connectivity index (χ1v) is 4.60. The van der Waals surface area contributed by atoms with Crippen LogP contribution in [0.1, 0.15) is 6.42 Å². The summed E-state index contributed by atoms with van der Waals surface area (Å²) >= 11 is 0. The Labute approximate surface area is 58.7 Å². The monoisotopic (exact) mass is 164 g/mol. The van der Waals surface area contributed by atoms with E-state index < -0.39 is 13.4 Å². The minimum absolute atomic E-state index is 0.301. The molecule has 1 atom stereocenters. The summed E-state index contributed by atoms with van der Waals surface area (Å²) in [5, 5.41) is 0. The fraction of sp³-hybridized carbons (Fsp3) is 0.600. The summed E-state index contributed by atoms with van der Waals surface area (Å²) in [6.07, 6.45) is 3.77. The summed E-state index contributed by atoms with van der Waals surface area (Å²) in [5.41, 5.74) is 0. The second-order valence-corrected chi connectivity index (χ2v) is 3.84. The first-order chi connectivity index (χ1) is 4.61. The minimum atomic E-state index is -4.01. The number of ether oxygens (including phenoxy) is 1. The van der Waals surface area contributed by atoms with Gasteiger partial charge in [0.2, 0.25) is 0 Å². The molecule has 2 N–H and O–H groups in total. The molecule has 0 aromatic rings. The van der Waals surface area contributed by atoms with Crippen molar-refractivity contribution >= 4 is 7.60 Å². The van der Waals surface area contributed by atoms with Gasteiger partial charge in [0.1, 0.15) is 0 Å². The Morgan fingerprint density at radius 1 is 1.50 bits per heavy atom. The van der Waals surface area contributed by atoms with E-state index in [-0.39, 0.29) is 0 Å². The van der Waals surface area contributed by atoms with Gasteiger partial charge in [0.15, 0.2) is 5.85 Å². The molecule has 4 nitrogen and oxygen atoms in total. The lowest BCUT2D eigenvalue weighted by atomic mass is 10.3. The SMILES string of the molecule is O=P(O)(O)C1CC=CCO1. The maximum absolute atomic E-state index is 10.5. The minimum Gasteiger partial charge on any atom is -0.361 e. The van der Waals surface area contributed by atoms with E-state index in [1.165, 1.54) is 0 Å². The lowest BCUT2D eigenvalue weighted by Gasteiger charge is -2.19. The standard InChI is InChI=1S/C5H9O4P/c6-10(7,8)5-3-1-2-4-9-5/h1-2,5H,3-4H2,(H2,6,7,8). The Balaban J connectivity index is 2.58. The Kier molecular flexibility index (Phi) is 2.26. The molecule has 0 amide bonds. The van der Waals surface area contributed by atoms with Crippen molar-refractivity contribution in [1.82, 2.24) is 0 Å². The molecule has 58 valence electrons. The number of hydrogen-bond acceptors (Lipinski definition) is 2. The Morgan fingerprint density at radius 3 is 2.50 bits per heavy atom. The van der Waals surface area contributed by atoms with Gasteiger partial charge in [0.05, 0.1) is 6.61 Å². The molecule has 0 aromatic carbocycles. The lowest BCUT2D eigenvalue weighted by molar-refractivity contribution is 0.101. The Bertz CT molecular complexity index is 182. The van der Waals surface area contributed by atoms with Crippen LogP contribution in [0.3, 0.4) is 0 Å². The lowest BCUT2D eigenvalue weighted by Crippen LogP contribution is -2.15. The first-order valence-electron chi connectivity index (χ1n) is 2.92. The summed E-state index contributed by atoms with van der Waals surface area (Å²) in [7, 11) is -4.01. The zero-order valence-electron chi connectivity index (χ0n) is 5.30. The highest BCUT2D eigenvalue weighted by Crippen LogP contribution is 2.44. The molecule has 0 radical (unpaired) electrons. The van der Waals surface area contributed by atoms with Crippen LogP contribution in [0.25, 0.3) is 0 Å². The third kappa shape index (κ3) is 1.92. The van der Waals surface area contributed by atoms with Crippen LogP contribution in [-0.4, -0.2) is 22.2 Å².